The van der Waals surface area contributed by atoms with Gasteiger partial charge >= 0.3 is 0 Å². The van der Waals surface area contributed by atoms with E-state index in [0.29, 0.717) is 24.4 Å². The van der Waals surface area contributed by atoms with Gasteiger partial charge in [-0.15, -0.1) is 0 Å². The number of anilines is 1. The Kier molecular flexibility index (Phi) is 3.79. The lowest BCUT2D eigenvalue weighted by atomic mass is 9.88. The first-order valence-corrected chi connectivity index (χ1v) is 7.30. The highest BCUT2D eigenvalue weighted by Crippen LogP contribution is 2.33. The van der Waals surface area contributed by atoms with Gasteiger partial charge in [0, 0.05) is 26.1 Å². The first-order chi connectivity index (χ1) is 10.6. The summed E-state index contributed by atoms with van der Waals surface area (Å²) in [4.78, 5) is 35.0. The van der Waals surface area contributed by atoms with Crippen molar-refractivity contribution in [3.8, 4) is 0 Å². The van der Waals surface area contributed by atoms with Crippen molar-refractivity contribution in [3.63, 3.8) is 0 Å². The first-order valence-electron chi connectivity index (χ1n) is 7.30. The molecule has 7 heteroatoms. The number of nitrogens with zero attached hydrogens (tertiary/aromatic N) is 3. The van der Waals surface area contributed by atoms with Crippen LogP contribution in [0.3, 0.4) is 0 Å². The van der Waals surface area contributed by atoms with E-state index in [2.05, 4.69) is 15.5 Å². The Hall–Kier alpha value is -2.44. The monoisotopic (exact) mass is 302 g/mol. The third-order valence-electron chi connectivity index (χ3n) is 4.01. The molecule has 1 aromatic heterocycles. The summed E-state index contributed by atoms with van der Waals surface area (Å²) in [5, 5.41) is 6.70. The van der Waals surface area contributed by atoms with Gasteiger partial charge in [-0.05, 0) is 25.0 Å². The number of oxime groups is 1. The van der Waals surface area contributed by atoms with E-state index in [1.807, 2.05) is 0 Å². The molecule has 2 amide bonds. The Morgan fingerprint density at radius 3 is 3.05 bits per heavy atom. The van der Waals surface area contributed by atoms with Crippen molar-refractivity contribution in [2.24, 2.45) is 5.16 Å². The van der Waals surface area contributed by atoms with Crippen LogP contribution in [0, 0.1) is 0 Å². The third kappa shape index (κ3) is 2.93. The summed E-state index contributed by atoms with van der Waals surface area (Å²) in [5.41, 5.74) is 0.422. The molecule has 1 N–H and O–H groups in total. The van der Waals surface area contributed by atoms with E-state index < -0.39 is 5.60 Å². The van der Waals surface area contributed by atoms with Gasteiger partial charge in [-0.25, -0.2) is 0 Å². The number of rotatable bonds is 2. The van der Waals surface area contributed by atoms with Crippen molar-refractivity contribution in [2.45, 2.75) is 31.8 Å². The molecule has 1 atom stereocenters. The molecule has 3 rings (SSSR count). The number of amides is 2. The van der Waals surface area contributed by atoms with Crippen molar-refractivity contribution in [3.05, 3.63) is 24.5 Å². The predicted octanol–water partition coefficient (Wildman–Crippen LogP) is 1.18. The lowest BCUT2D eigenvalue weighted by molar-refractivity contribution is -0.138. The third-order valence-corrected chi connectivity index (χ3v) is 4.01. The Balaban J connectivity index is 1.64. The quantitative estimate of drug-likeness (QED) is 0.889. The molecule has 0 radical (unpaired) electrons. The molecule has 2 aliphatic rings. The Morgan fingerprint density at radius 1 is 1.45 bits per heavy atom. The second-order valence-electron chi connectivity index (χ2n) is 5.73. The van der Waals surface area contributed by atoms with Crippen LogP contribution in [0.4, 0.5) is 5.69 Å². The fraction of sp³-hybridized carbons (Fsp3) is 0.467. The number of hydrogen-bond acceptors (Lipinski definition) is 5. The number of aromatic nitrogens is 1. The number of pyridine rings is 1. The molecule has 0 bridgehead atoms. The summed E-state index contributed by atoms with van der Waals surface area (Å²) in [6.45, 7) is 2.76. The maximum Gasteiger partial charge on any atom is 0.273 e. The average molecular weight is 302 g/mol. The normalized spacial score (nSPS) is 23.9. The molecule has 0 saturated carbocycles. The van der Waals surface area contributed by atoms with E-state index >= 15 is 0 Å². The summed E-state index contributed by atoms with van der Waals surface area (Å²) in [6, 6.07) is 3.51. The molecule has 1 aromatic rings. The Morgan fingerprint density at radius 2 is 2.32 bits per heavy atom. The number of piperidine rings is 1. The second-order valence-corrected chi connectivity index (χ2v) is 5.73. The molecule has 1 saturated heterocycles. The summed E-state index contributed by atoms with van der Waals surface area (Å²) < 4.78 is 0. The second kappa shape index (κ2) is 5.75. The van der Waals surface area contributed by atoms with Crippen LogP contribution in [-0.4, -0.2) is 46.1 Å². The summed E-state index contributed by atoms with van der Waals surface area (Å²) in [7, 11) is 0. The molecule has 0 aromatic carbocycles. The van der Waals surface area contributed by atoms with E-state index in [1.54, 1.807) is 36.4 Å². The van der Waals surface area contributed by atoms with Gasteiger partial charge < -0.3 is 15.1 Å². The van der Waals surface area contributed by atoms with E-state index in [9.17, 15) is 9.59 Å². The highest BCUT2D eigenvalue weighted by atomic mass is 16.7. The fourth-order valence-corrected chi connectivity index (χ4v) is 2.87. The van der Waals surface area contributed by atoms with E-state index in [0.717, 1.165) is 19.4 Å². The molecule has 1 spiro atoms. The largest absolute Gasteiger partial charge is 0.386 e. The molecule has 7 nitrogen and oxygen atoms in total. The van der Waals surface area contributed by atoms with Crippen LogP contribution in [0.15, 0.2) is 29.7 Å². The van der Waals surface area contributed by atoms with Crippen molar-refractivity contribution >= 4 is 23.2 Å². The predicted molar refractivity (Wildman–Crippen MR) is 80.2 cm³/mol. The van der Waals surface area contributed by atoms with Crippen LogP contribution in [0.5, 0.6) is 0 Å². The molecule has 3 heterocycles. The number of likely N-dealkylation sites (tertiary alicyclic amines) is 1. The van der Waals surface area contributed by atoms with E-state index in [4.69, 9.17) is 4.84 Å². The zero-order valence-corrected chi connectivity index (χ0v) is 12.4. The molecule has 116 valence electrons. The highest BCUT2D eigenvalue weighted by Gasteiger charge is 2.45. The van der Waals surface area contributed by atoms with Crippen LogP contribution < -0.4 is 5.32 Å². The summed E-state index contributed by atoms with van der Waals surface area (Å²) in [5.74, 6) is -0.263. The van der Waals surface area contributed by atoms with Gasteiger partial charge in [0.15, 0.2) is 5.60 Å². The van der Waals surface area contributed by atoms with Gasteiger partial charge in [-0.3, -0.25) is 14.6 Å². The summed E-state index contributed by atoms with van der Waals surface area (Å²) in [6.07, 6.45) is 5.28. The maximum absolute atomic E-state index is 12.2. The minimum Gasteiger partial charge on any atom is -0.386 e. The van der Waals surface area contributed by atoms with E-state index in [1.165, 1.54) is 0 Å². The molecule has 2 aliphatic heterocycles. The van der Waals surface area contributed by atoms with Gasteiger partial charge in [0.25, 0.3) is 5.91 Å². The smallest absolute Gasteiger partial charge is 0.273 e. The van der Waals surface area contributed by atoms with Crippen molar-refractivity contribution < 1.29 is 14.4 Å². The van der Waals surface area contributed by atoms with Crippen LogP contribution >= 0.6 is 0 Å². The number of nitrogens with one attached hydrogen (secondary N) is 1. The minimum absolute atomic E-state index is 0.0240. The molecule has 22 heavy (non-hydrogen) atoms. The van der Waals surface area contributed by atoms with Gasteiger partial charge in [-0.2, -0.15) is 0 Å². The SMILES string of the molecule is CC(=O)N1CCCC2(CC(C(=O)Nc3cccnc3)=NO2)C1. The van der Waals surface area contributed by atoms with Gasteiger partial charge in [0.2, 0.25) is 5.91 Å². The van der Waals surface area contributed by atoms with Crippen molar-refractivity contribution in [1.82, 2.24) is 9.88 Å². The molecular weight excluding hydrogens is 284 g/mol. The lowest BCUT2D eigenvalue weighted by Gasteiger charge is -2.37. The zero-order chi connectivity index (χ0) is 15.6. The van der Waals surface area contributed by atoms with Crippen LogP contribution in [-0.2, 0) is 14.4 Å². The minimum atomic E-state index is -0.550. The van der Waals surface area contributed by atoms with Gasteiger partial charge in [-0.1, -0.05) is 5.16 Å². The maximum atomic E-state index is 12.2. The standard InChI is InChI=1S/C15H18N4O3/c1-11(20)19-7-3-5-15(10-19)8-13(18-22-15)14(21)17-12-4-2-6-16-9-12/h2,4,6,9H,3,5,7-8,10H2,1H3,(H,17,21). The van der Waals surface area contributed by atoms with Crippen LogP contribution in [0.2, 0.25) is 0 Å². The fourth-order valence-electron chi connectivity index (χ4n) is 2.87. The molecule has 0 aliphatic carbocycles. The Bertz CT molecular complexity index is 616. The highest BCUT2D eigenvalue weighted by molar-refractivity contribution is 6.43. The molecule has 1 unspecified atom stereocenters. The summed E-state index contributed by atoms with van der Waals surface area (Å²) >= 11 is 0. The number of carbonyl (C=O) groups is 2. The van der Waals surface area contributed by atoms with E-state index in [-0.39, 0.29) is 11.8 Å². The topological polar surface area (TPSA) is 83.9 Å². The van der Waals surface area contributed by atoms with Gasteiger partial charge in [0.05, 0.1) is 18.4 Å². The lowest BCUT2D eigenvalue weighted by Crippen LogP contribution is -2.50. The van der Waals surface area contributed by atoms with Gasteiger partial charge in [0.1, 0.15) is 5.71 Å². The number of hydrogen-bond donors (Lipinski definition) is 1. The van der Waals surface area contributed by atoms with Crippen molar-refractivity contribution in [1.29, 1.82) is 0 Å². The Labute approximate surface area is 128 Å². The first kappa shape index (κ1) is 14.5. The number of carbonyl (C=O) groups excluding carboxylic acids is 2. The molecular formula is C15H18N4O3. The van der Waals surface area contributed by atoms with Crippen molar-refractivity contribution in [2.75, 3.05) is 18.4 Å². The average Bonchev–Trinajstić information content (AvgIpc) is 2.92. The zero-order valence-electron chi connectivity index (χ0n) is 12.4. The van der Waals surface area contributed by atoms with Crippen LogP contribution in [0.25, 0.3) is 0 Å². The van der Waals surface area contributed by atoms with Crippen LogP contribution in [0.1, 0.15) is 26.2 Å². The molecule has 1 fully saturated rings.